The van der Waals surface area contributed by atoms with E-state index in [1.807, 2.05) is 0 Å². The molecule has 1 aromatic rings. The van der Waals surface area contributed by atoms with E-state index in [1.54, 1.807) is 6.07 Å². The van der Waals surface area contributed by atoms with Gasteiger partial charge in [-0.05, 0) is 18.2 Å². The quantitative estimate of drug-likeness (QED) is 0.616. The van der Waals surface area contributed by atoms with E-state index in [4.69, 9.17) is 23.2 Å². The van der Waals surface area contributed by atoms with E-state index in [0.717, 1.165) is 0 Å². The Morgan fingerprint density at radius 2 is 2.05 bits per heavy atom. The Balaban J connectivity index is 2.21. The molecule has 0 radical (unpaired) electrons. The minimum absolute atomic E-state index is 0.00676. The molecule has 1 saturated heterocycles. The summed E-state index contributed by atoms with van der Waals surface area (Å²) in [7, 11) is 1.21. The first-order valence-electron chi connectivity index (χ1n) is 6.29. The largest absolute Gasteiger partial charge is 0.468 e. The first-order chi connectivity index (χ1) is 9.93. The van der Waals surface area contributed by atoms with E-state index in [-0.39, 0.29) is 41.8 Å². The summed E-state index contributed by atoms with van der Waals surface area (Å²) in [5, 5.41) is 0.663. The molecule has 112 valence electrons. The molecular formula is C14H13Cl2NO4. The number of piperidine rings is 1. The Morgan fingerprint density at radius 1 is 1.33 bits per heavy atom. The Bertz CT molecular complexity index is 595. The van der Waals surface area contributed by atoms with Gasteiger partial charge in [-0.15, -0.1) is 0 Å². The lowest BCUT2D eigenvalue weighted by Crippen LogP contribution is -2.47. The van der Waals surface area contributed by atoms with Crippen LogP contribution in [0.25, 0.3) is 0 Å². The molecule has 0 aliphatic carbocycles. The van der Waals surface area contributed by atoms with Gasteiger partial charge >= 0.3 is 5.97 Å². The van der Waals surface area contributed by atoms with Gasteiger partial charge in [0.05, 0.1) is 17.7 Å². The molecule has 0 saturated carbocycles. The maximum atomic E-state index is 12.5. The van der Waals surface area contributed by atoms with Crippen molar-refractivity contribution in [3.8, 4) is 0 Å². The number of amides is 1. The van der Waals surface area contributed by atoms with Crippen LogP contribution in [0.1, 0.15) is 16.8 Å². The molecule has 1 heterocycles. The van der Waals surface area contributed by atoms with Crippen molar-refractivity contribution in [3.63, 3.8) is 0 Å². The number of likely N-dealkylation sites (tertiary alicyclic amines) is 1. The number of methoxy groups -OCH3 is 1. The van der Waals surface area contributed by atoms with Crippen molar-refractivity contribution in [2.75, 3.05) is 20.2 Å². The molecule has 1 aliphatic rings. The van der Waals surface area contributed by atoms with Crippen molar-refractivity contribution in [2.45, 2.75) is 6.42 Å². The van der Waals surface area contributed by atoms with Crippen LogP contribution in [0.5, 0.6) is 0 Å². The van der Waals surface area contributed by atoms with E-state index in [0.29, 0.717) is 5.02 Å². The average molecular weight is 330 g/mol. The summed E-state index contributed by atoms with van der Waals surface area (Å²) in [6.07, 6.45) is 0.115. The molecule has 1 atom stereocenters. The summed E-state index contributed by atoms with van der Waals surface area (Å²) in [6.45, 7) is 0.237. The molecule has 2 rings (SSSR count). The zero-order chi connectivity index (χ0) is 15.6. The van der Waals surface area contributed by atoms with E-state index >= 15 is 0 Å². The van der Waals surface area contributed by atoms with Gasteiger partial charge in [0.1, 0.15) is 5.92 Å². The van der Waals surface area contributed by atoms with Gasteiger partial charge in [-0.3, -0.25) is 14.4 Å². The number of hydrogen-bond acceptors (Lipinski definition) is 4. The summed E-state index contributed by atoms with van der Waals surface area (Å²) in [4.78, 5) is 37.2. The van der Waals surface area contributed by atoms with Gasteiger partial charge in [0, 0.05) is 24.5 Å². The molecule has 0 spiro atoms. The second-order valence-electron chi connectivity index (χ2n) is 4.67. The molecular weight excluding hydrogens is 317 g/mol. The van der Waals surface area contributed by atoms with Crippen LogP contribution in [0.4, 0.5) is 0 Å². The minimum Gasteiger partial charge on any atom is -0.468 e. The number of carbonyl (C=O) groups is 3. The number of rotatable bonds is 2. The maximum Gasteiger partial charge on any atom is 0.318 e. The van der Waals surface area contributed by atoms with Crippen LogP contribution >= 0.6 is 23.2 Å². The van der Waals surface area contributed by atoms with E-state index in [9.17, 15) is 14.4 Å². The van der Waals surface area contributed by atoms with Crippen molar-refractivity contribution in [1.29, 1.82) is 0 Å². The molecule has 7 heteroatoms. The van der Waals surface area contributed by atoms with Crippen LogP contribution in [-0.2, 0) is 14.3 Å². The van der Waals surface area contributed by atoms with E-state index in [1.165, 1.54) is 24.1 Å². The fourth-order valence-electron chi connectivity index (χ4n) is 2.20. The van der Waals surface area contributed by atoms with Gasteiger partial charge < -0.3 is 9.64 Å². The molecule has 1 unspecified atom stereocenters. The Kier molecular flexibility index (Phi) is 4.85. The summed E-state index contributed by atoms with van der Waals surface area (Å²) in [5.74, 6) is -2.15. The van der Waals surface area contributed by atoms with Gasteiger partial charge in [0.2, 0.25) is 0 Å². The van der Waals surface area contributed by atoms with Crippen LogP contribution in [0.15, 0.2) is 18.2 Å². The molecule has 21 heavy (non-hydrogen) atoms. The fraction of sp³-hybridized carbons (Fsp3) is 0.357. The highest BCUT2D eigenvalue weighted by molar-refractivity contribution is 6.35. The fourth-order valence-corrected chi connectivity index (χ4v) is 2.57. The number of ether oxygens (including phenoxy) is 1. The molecule has 1 amide bonds. The van der Waals surface area contributed by atoms with Crippen LogP contribution in [-0.4, -0.2) is 42.8 Å². The molecule has 0 aromatic heterocycles. The van der Waals surface area contributed by atoms with E-state index in [2.05, 4.69) is 4.74 Å². The van der Waals surface area contributed by atoms with Gasteiger partial charge in [-0.1, -0.05) is 23.2 Å². The second kappa shape index (κ2) is 6.45. The van der Waals surface area contributed by atoms with Gasteiger partial charge in [-0.2, -0.15) is 0 Å². The van der Waals surface area contributed by atoms with Crippen molar-refractivity contribution >= 4 is 40.9 Å². The molecule has 5 nitrogen and oxygen atoms in total. The first kappa shape index (κ1) is 15.8. The maximum absolute atomic E-state index is 12.5. The molecule has 1 aromatic carbocycles. The van der Waals surface area contributed by atoms with Crippen molar-refractivity contribution < 1.29 is 19.1 Å². The Morgan fingerprint density at radius 3 is 2.71 bits per heavy atom. The lowest BCUT2D eigenvalue weighted by molar-refractivity contribution is -0.151. The number of hydrogen-bond donors (Lipinski definition) is 0. The van der Waals surface area contributed by atoms with Crippen molar-refractivity contribution in [3.05, 3.63) is 33.8 Å². The smallest absolute Gasteiger partial charge is 0.318 e. The Hall–Kier alpha value is -1.59. The number of esters is 1. The van der Waals surface area contributed by atoms with Crippen LogP contribution in [0, 0.1) is 5.92 Å². The standard InChI is InChI=1S/C14H13Cl2NO4/c1-21-14(20)10-7-17(5-4-12(10)18)13(19)9-6-8(15)2-3-11(9)16/h2-3,6,10H,4-5,7H2,1H3. The molecule has 0 N–H and O–H groups in total. The number of ketones is 1. The second-order valence-corrected chi connectivity index (χ2v) is 5.51. The van der Waals surface area contributed by atoms with Crippen molar-refractivity contribution in [2.24, 2.45) is 5.92 Å². The van der Waals surface area contributed by atoms with Gasteiger partial charge in [-0.25, -0.2) is 0 Å². The lowest BCUT2D eigenvalue weighted by Gasteiger charge is -2.30. The average Bonchev–Trinajstić information content (AvgIpc) is 2.48. The van der Waals surface area contributed by atoms with Crippen LogP contribution in [0.2, 0.25) is 10.0 Å². The summed E-state index contributed by atoms with van der Waals surface area (Å²) >= 11 is 11.9. The third kappa shape index (κ3) is 3.36. The Labute approximate surface area is 131 Å². The molecule has 0 bridgehead atoms. The lowest BCUT2D eigenvalue weighted by atomic mass is 9.96. The zero-order valence-electron chi connectivity index (χ0n) is 11.3. The summed E-state index contributed by atoms with van der Waals surface area (Å²) in [6, 6.07) is 4.58. The summed E-state index contributed by atoms with van der Waals surface area (Å²) in [5.41, 5.74) is 0.252. The van der Waals surface area contributed by atoms with Gasteiger partial charge in [0.15, 0.2) is 5.78 Å². The summed E-state index contributed by atoms with van der Waals surface area (Å²) < 4.78 is 4.59. The monoisotopic (exact) mass is 329 g/mol. The zero-order valence-corrected chi connectivity index (χ0v) is 12.8. The number of halogens is 2. The normalized spacial score (nSPS) is 18.5. The number of benzene rings is 1. The third-order valence-electron chi connectivity index (χ3n) is 3.35. The minimum atomic E-state index is -0.939. The highest BCUT2D eigenvalue weighted by atomic mass is 35.5. The van der Waals surface area contributed by atoms with Crippen LogP contribution in [0.3, 0.4) is 0 Å². The van der Waals surface area contributed by atoms with E-state index < -0.39 is 11.9 Å². The number of carbonyl (C=O) groups excluding carboxylic acids is 3. The predicted molar refractivity (Wildman–Crippen MR) is 77.5 cm³/mol. The van der Waals surface area contributed by atoms with Crippen molar-refractivity contribution in [1.82, 2.24) is 4.90 Å². The topological polar surface area (TPSA) is 63.7 Å². The predicted octanol–water partition coefficient (Wildman–Crippen LogP) is 2.20. The highest BCUT2D eigenvalue weighted by Crippen LogP contribution is 2.24. The van der Waals surface area contributed by atoms with Gasteiger partial charge in [0.25, 0.3) is 5.91 Å². The molecule has 1 aliphatic heterocycles. The third-order valence-corrected chi connectivity index (χ3v) is 3.92. The highest BCUT2D eigenvalue weighted by Gasteiger charge is 2.36. The number of Topliss-reactive ketones (excluding diaryl/α,β-unsaturated/α-hetero) is 1. The number of nitrogens with zero attached hydrogens (tertiary/aromatic N) is 1. The molecule has 1 fully saturated rings. The van der Waals surface area contributed by atoms with Crippen LogP contribution < -0.4 is 0 Å². The SMILES string of the molecule is COC(=O)C1CN(C(=O)c2cc(Cl)ccc2Cl)CCC1=O. The first-order valence-corrected chi connectivity index (χ1v) is 7.04.